The predicted molar refractivity (Wildman–Crippen MR) is 86.7 cm³/mol. The molecule has 0 amide bonds. The van der Waals surface area contributed by atoms with Crippen LogP contribution in [-0.4, -0.2) is 19.1 Å². The highest BCUT2D eigenvalue weighted by atomic mass is 32.1. The topological polar surface area (TPSA) is 37.3 Å². The zero-order chi connectivity index (χ0) is 14.3. The summed E-state index contributed by atoms with van der Waals surface area (Å²) in [6.45, 7) is 4.18. The smallest absolute Gasteiger partial charge is 0.0813 e. The summed E-state index contributed by atoms with van der Waals surface area (Å²) >= 11 is 1.77. The highest BCUT2D eigenvalue weighted by molar-refractivity contribution is 7.21. The molecule has 0 radical (unpaired) electrons. The Hall–Kier alpha value is -1.94. The number of benzene rings is 2. The van der Waals surface area contributed by atoms with E-state index in [9.17, 15) is 0 Å². The van der Waals surface area contributed by atoms with Gasteiger partial charge in [-0.3, -0.25) is 4.99 Å². The maximum atomic E-state index is 4.79. The molecule has 0 bridgehead atoms. The summed E-state index contributed by atoms with van der Waals surface area (Å²) in [5, 5.41) is 4.27. The van der Waals surface area contributed by atoms with Gasteiger partial charge in [-0.1, -0.05) is 0 Å². The number of hydrogen-bond acceptors (Lipinski definition) is 4. The molecule has 1 aromatic carbocycles. The maximum Gasteiger partial charge on any atom is 0.0813 e. The normalized spacial score (nSPS) is 12.3. The minimum Gasteiger partial charge on any atom is -0.388 e. The Balaban J connectivity index is 2.39. The fourth-order valence-electron chi connectivity index (χ4n) is 2.43. The zero-order valence-corrected chi connectivity index (χ0v) is 12.9. The van der Waals surface area contributed by atoms with Crippen LogP contribution in [0.3, 0.4) is 0 Å². The third kappa shape index (κ3) is 2.06. The van der Waals surface area contributed by atoms with Gasteiger partial charge >= 0.3 is 0 Å². The molecule has 3 nitrogen and oxygen atoms in total. The second-order valence-corrected chi connectivity index (χ2v) is 6.01. The van der Waals surface area contributed by atoms with E-state index in [2.05, 4.69) is 48.4 Å². The van der Waals surface area contributed by atoms with Crippen molar-refractivity contribution in [2.75, 3.05) is 19.4 Å². The molecule has 0 atom stereocenters. The van der Waals surface area contributed by atoms with Crippen LogP contribution in [0.25, 0.3) is 20.8 Å². The van der Waals surface area contributed by atoms with E-state index in [1.165, 1.54) is 20.7 Å². The summed E-state index contributed by atoms with van der Waals surface area (Å²) in [6.07, 6.45) is 0. The Morgan fingerprint density at radius 3 is 2.60 bits per heavy atom. The van der Waals surface area contributed by atoms with Gasteiger partial charge in [0.15, 0.2) is 0 Å². The molecule has 1 heterocycles. The van der Waals surface area contributed by atoms with Crippen LogP contribution < -0.4 is 10.7 Å². The van der Waals surface area contributed by atoms with Crippen LogP contribution in [0.2, 0.25) is 0 Å². The first kappa shape index (κ1) is 13.1. The summed E-state index contributed by atoms with van der Waals surface area (Å²) in [6, 6.07) is 8.56. The van der Waals surface area contributed by atoms with Crippen molar-refractivity contribution in [3.63, 3.8) is 0 Å². The molecule has 0 saturated carbocycles. The van der Waals surface area contributed by atoms with Gasteiger partial charge in [-0.25, -0.2) is 4.98 Å². The van der Waals surface area contributed by atoms with E-state index < -0.39 is 0 Å². The average molecular weight is 283 g/mol. The molecule has 2 aliphatic rings. The van der Waals surface area contributed by atoms with E-state index in [0.29, 0.717) is 0 Å². The van der Waals surface area contributed by atoms with Crippen molar-refractivity contribution in [1.82, 2.24) is 4.98 Å². The molecule has 1 aliphatic carbocycles. The summed E-state index contributed by atoms with van der Waals surface area (Å²) in [5.74, 6) is 0. The lowest BCUT2D eigenvalue weighted by atomic mass is 10.1. The number of aromatic nitrogens is 1. The van der Waals surface area contributed by atoms with Crippen molar-refractivity contribution < 1.29 is 0 Å². The lowest BCUT2D eigenvalue weighted by Gasteiger charge is -2.11. The first-order valence-electron chi connectivity index (χ1n) is 6.59. The van der Waals surface area contributed by atoms with Crippen LogP contribution in [0.4, 0.5) is 5.69 Å². The van der Waals surface area contributed by atoms with E-state index in [-0.39, 0.29) is 0 Å². The summed E-state index contributed by atoms with van der Waals surface area (Å²) in [7, 11) is 3.78. The SMILES string of the molecule is CN=c1cc2sc3cc(NC)c(C)cc3nc-2cc1C. The minimum atomic E-state index is 1.04. The molecule has 102 valence electrons. The van der Waals surface area contributed by atoms with Crippen molar-refractivity contribution in [2.24, 2.45) is 4.99 Å². The molecule has 1 N–H and O–H groups in total. The van der Waals surface area contributed by atoms with Gasteiger partial charge in [-0.15, -0.1) is 11.3 Å². The molecule has 0 saturated heterocycles. The van der Waals surface area contributed by atoms with Gasteiger partial charge in [-0.2, -0.15) is 0 Å². The second kappa shape index (κ2) is 4.87. The first-order chi connectivity index (χ1) is 9.62. The number of hydrogen-bond donors (Lipinski definition) is 1. The highest BCUT2D eigenvalue weighted by Crippen LogP contribution is 2.32. The third-order valence-electron chi connectivity index (χ3n) is 3.55. The largest absolute Gasteiger partial charge is 0.388 e. The third-order valence-corrected chi connectivity index (χ3v) is 4.65. The summed E-state index contributed by atoms with van der Waals surface area (Å²) < 4.78 is 1.19. The van der Waals surface area contributed by atoms with Crippen LogP contribution in [0.15, 0.2) is 29.3 Å². The monoisotopic (exact) mass is 283 g/mol. The average Bonchev–Trinajstić information content (AvgIpc) is 2.44. The number of fused-ring (bicyclic) bond motifs is 2. The predicted octanol–water partition coefficient (Wildman–Crippen LogP) is 3.59. The van der Waals surface area contributed by atoms with Crippen LogP contribution in [-0.2, 0) is 0 Å². The van der Waals surface area contributed by atoms with Crippen molar-refractivity contribution in [2.45, 2.75) is 13.8 Å². The van der Waals surface area contributed by atoms with E-state index >= 15 is 0 Å². The first-order valence-corrected chi connectivity index (χ1v) is 7.40. The quantitative estimate of drug-likeness (QED) is 0.693. The van der Waals surface area contributed by atoms with E-state index in [0.717, 1.165) is 22.3 Å². The van der Waals surface area contributed by atoms with Crippen LogP contribution in [0.1, 0.15) is 11.1 Å². The molecule has 0 unspecified atom stereocenters. The molecule has 0 fully saturated rings. The van der Waals surface area contributed by atoms with E-state index in [1.54, 1.807) is 11.3 Å². The van der Waals surface area contributed by atoms with E-state index in [4.69, 9.17) is 4.98 Å². The Morgan fingerprint density at radius 2 is 1.90 bits per heavy atom. The summed E-state index contributed by atoms with van der Waals surface area (Å²) in [4.78, 5) is 10.3. The minimum absolute atomic E-state index is 1.04. The number of nitrogens with one attached hydrogen (secondary N) is 1. The second-order valence-electron chi connectivity index (χ2n) is 4.93. The van der Waals surface area contributed by atoms with Gasteiger partial charge in [0, 0.05) is 19.8 Å². The molecular formula is C16H17N3S. The molecule has 0 spiro atoms. The zero-order valence-electron chi connectivity index (χ0n) is 12.1. The Kier molecular flexibility index (Phi) is 3.18. The van der Waals surface area contributed by atoms with Gasteiger partial charge < -0.3 is 5.32 Å². The van der Waals surface area contributed by atoms with Gasteiger partial charge in [0.1, 0.15) is 0 Å². The highest BCUT2D eigenvalue weighted by Gasteiger charge is 2.10. The van der Waals surface area contributed by atoms with Crippen molar-refractivity contribution in [1.29, 1.82) is 0 Å². The standard InChI is InChI=1S/C16H17N3S/c1-9-5-13-15(7-11(9)17-3)20-16-8-12(18-4)10(2)6-14(16)19-13/h5-8,17H,1-4H3. The number of rotatable bonds is 1. The fraction of sp³-hybridized carbons (Fsp3) is 0.250. The van der Waals surface area contributed by atoms with Gasteiger partial charge in [-0.05, 0) is 49.2 Å². The Labute approximate surface area is 122 Å². The molecule has 0 aromatic heterocycles. The van der Waals surface area contributed by atoms with Gasteiger partial charge in [0.05, 0.1) is 26.1 Å². The summed E-state index contributed by atoms with van der Waals surface area (Å²) in [5.41, 5.74) is 5.64. The van der Waals surface area contributed by atoms with Crippen molar-refractivity contribution >= 4 is 27.2 Å². The lowest BCUT2D eigenvalue weighted by Crippen LogP contribution is -2.07. The molecule has 20 heavy (non-hydrogen) atoms. The van der Waals surface area contributed by atoms with Crippen molar-refractivity contribution in [3.05, 3.63) is 40.7 Å². The number of nitrogens with zero attached hydrogens (tertiary/aromatic N) is 2. The number of anilines is 1. The van der Waals surface area contributed by atoms with Crippen molar-refractivity contribution in [3.8, 4) is 10.6 Å². The van der Waals surface area contributed by atoms with Gasteiger partial charge in [0.2, 0.25) is 0 Å². The molecule has 1 aromatic rings. The fourth-order valence-corrected chi connectivity index (χ4v) is 3.43. The number of aryl methyl sites for hydroxylation is 2. The van der Waals surface area contributed by atoms with Crippen LogP contribution in [0, 0.1) is 13.8 Å². The Morgan fingerprint density at radius 1 is 1.10 bits per heavy atom. The van der Waals surface area contributed by atoms with Gasteiger partial charge in [0.25, 0.3) is 0 Å². The lowest BCUT2D eigenvalue weighted by molar-refractivity contribution is 1.21. The Bertz CT molecular complexity index is 833. The molecular weight excluding hydrogens is 266 g/mol. The van der Waals surface area contributed by atoms with E-state index in [1.807, 2.05) is 14.1 Å². The van der Waals surface area contributed by atoms with Crippen LogP contribution >= 0.6 is 11.3 Å². The molecule has 1 aliphatic heterocycles. The maximum absolute atomic E-state index is 4.79. The van der Waals surface area contributed by atoms with Crippen LogP contribution in [0.5, 0.6) is 0 Å². The molecule has 4 heteroatoms. The molecule has 3 rings (SSSR count).